The van der Waals surface area contributed by atoms with Crippen molar-refractivity contribution in [1.82, 2.24) is 14.9 Å². The predicted molar refractivity (Wildman–Crippen MR) is 75.6 cm³/mol. The van der Waals surface area contributed by atoms with Crippen LogP contribution in [0.1, 0.15) is 70.5 Å². The minimum Gasteiger partial charge on any atom is -0.334 e. The van der Waals surface area contributed by atoms with E-state index in [2.05, 4.69) is 34.9 Å². The summed E-state index contributed by atoms with van der Waals surface area (Å²) in [5.41, 5.74) is 1.18. The molecule has 1 aliphatic carbocycles. The Balaban J connectivity index is 1.69. The van der Waals surface area contributed by atoms with Gasteiger partial charge >= 0.3 is 0 Å². The zero-order chi connectivity index (χ0) is 12.8. The van der Waals surface area contributed by atoms with E-state index >= 15 is 0 Å². The molecule has 0 radical (unpaired) electrons. The van der Waals surface area contributed by atoms with E-state index in [0.717, 1.165) is 12.6 Å². The van der Waals surface area contributed by atoms with E-state index < -0.39 is 0 Å². The van der Waals surface area contributed by atoms with Crippen LogP contribution in [0, 0.1) is 0 Å². The van der Waals surface area contributed by atoms with Crippen LogP contribution in [0.15, 0.2) is 12.5 Å². The van der Waals surface area contributed by atoms with Crippen molar-refractivity contribution in [1.29, 1.82) is 0 Å². The molecular formula is C15H27N3. The first-order valence-electron chi connectivity index (χ1n) is 7.55. The second-order valence-electron chi connectivity index (χ2n) is 5.67. The lowest BCUT2D eigenvalue weighted by atomic mass is 10.1. The summed E-state index contributed by atoms with van der Waals surface area (Å²) >= 11 is 0. The third kappa shape index (κ3) is 4.45. The van der Waals surface area contributed by atoms with Gasteiger partial charge < -0.3 is 9.88 Å². The zero-order valence-electron chi connectivity index (χ0n) is 11.9. The normalized spacial score (nSPS) is 17.0. The van der Waals surface area contributed by atoms with Crippen molar-refractivity contribution in [3.8, 4) is 0 Å². The van der Waals surface area contributed by atoms with Crippen molar-refractivity contribution in [2.75, 3.05) is 0 Å². The highest BCUT2D eigenvalue weighted by Gasteiger charge is 2.20. The predicted octanol–water partition coefficient (Wildman–Crippen LogP) is 3.67. The summed E-state index contributed by atoms with van der Waals surface area (Å²) in [6.07, 6.45) is 13.5. The number of nitrogens with zero attached hydrogens (tertiary/aromatic N) is 2. The molecule has 0 amide bonds. The highest BCUT2D eigenvalue weighted by atomic mass is 15.1. The standard InChI is InChI=1S/C15H27N3/c1-3-4-5-6-7-13(2)18-11-15(17-12-18)10-16-14-8-9-14/h11-14,16H,3-10H2,1-2H3. The van der Waals surface area contributed by atoms with Gasteiger partial charge in [-0.1, -0.05) is 32.6 Å². The molecule has 0 saturated heterocycles. The van der Waals surface area contributed by atoms with Crippen LogP contribution in [0.3, 0.4) is 0 Å². The van der Waals surface area contributed by atoms with Gasteiger partial charge in [-0.25, -0.2) is 4.98 Å². The Morgan fingerprint density at radius 2 is 2.22 bits per heavy atom. The summed E-state index contributed by atoms with van der Waals surface area (Å²) in [6, 6.07) is 1.35. The molecule has 3 nitrogen and oxygen atoms in total. The van der Waals surface area contributed by atoms with Gasteiger partial charge in [0.2, 0.25) is 0 Å². The Labute approximate surface area is 111 Å². The van der Waals surface area contributed by atoms with Gasteiger partial charge in [0.1, 0.15) is 0 Å². The van der Waals surface area contributed by atoms with E-state index in [9.17, 15) is 0 Å². The quantitative estimate of drug-likeness (QED) is 0.677. The van der Waals surface area contributed by atoms with E-state index in [1.54, 1.807) is 0 Å². The molecule has 1 heterocycles. The number of aromatic nitrogens is 2. The molecule has 1 atom stereocenters. The second kappa shape index (κ2) is 6.93. The molecule has 1 aliphatic rings. The summed E-state index contributed by atoms with van der Waals surface area (Å²) < 4.78 is 2.27. The fourth-order valence-corrected chi connectivity index (χ4v) is 2.26. The molecule has 2 rings (SSSR count). The van der Waals surface area contributed by atoms with Gasteiger partial charge in [-0.3, -0.25) is 0 Å². The first kappa shape index (κ1) is 13.6. The number of hydrogen-bond donors (Lipinski definition) is 1. The van der Waals surface area contributed by atoms with Crippen LogP contribution >= 0.6 is 0 Å². The smallest absolute Gasteiger partial charge is 0.0952 e. The van der Waals surface area contributed by atoms with Crippen molar-refractivity contribution in [2.24, 2.45) is 0 Å². The lowest BCUT2D eigenvalue weighted by Gasteiger charge is -2.12. The van der Waals surface area contributed by atoms with E-state index in [1.807, 2.05) is 6.33 Å². The molecule has 1 N–H and O–H groups in total. The van der Waals surface area contributed by atoms with Gasteiger partial charge in [0.25, 0.3) is 0 Å². The number of hydrogen-bond acceptors (Lipinski definition) is 2. The molecular weight excluding hydrogens is 222 g/mol. The fraction of sp³-hybridized carbons (Fsp3) is 0.800. The Hall–Kier alpha value is -0.830. The summed E-state index contributed by atoms with van der Waals surface area (Å²) in [4.78, 5) is 4.48. The number of imidazole rings is 1. The molecule has 0 bridgehead atoms. The van der Waals surface area contributed by atoms with Crippen molar-refractivity contribution in [2.45, 2.75) is 77.4 Å². The Morgan fingerprint density at radius 3 is 2.94 bits per heavy atom. The van der Waals surface area contributed by atoms with Crippen LogP contribution in [0.25, 0.3) is 0 Å². The minimum atomic E-state index is 0.587. The molecule has 1 unspecified atom stereocenters. The Kier molecular flexibility index (Phi) is 5.24. The average Bonchev–Trinajstić information content (AvgIpc) is 3.09. The topological polar surface area (TPSA) is 29.9 Å². The minimum absolute atomic E-state index is 0.587. The van der Waals surface area contributed by atoms with Gasteiger partial charge in [-0.2, -0.15) is 0 Å². The maximum absolute atomic E-state index is 4.48. The summed E-state index contributed by atoms with van der Waals surface area (Å²) in [6.45, 7) is 5.49. The maximum Gasteiger partial charge on any atom is 0.0952 e. The highest BCUT2D eigenvalue weighted by Crippen LogP contribution is 2.20. The second-order valence-corrected chi connectivity index (χ2v) is 5.67. The van der Waals surface area contributed by atoms with Crippen LogP contribution in [-0.2, 0) is 6.54 Å². The van der Waals surface area contributed by atoms with Crippen molar-refractivity contribution in [3.63, 3.8) is 0 Å². The van der Waals surface area contributed by atoms with E-state index in [0.29, 0.717) is 6.04 Å². The third-order valence-corrected chi connectivity index (χ3v) is 3.79. The van der Waals surface area contributed by atoms with Gasteiger partial charge in [0.15, 0.2) is 0 Å². The van der Waals surface area contributed by atoms with Crippen LogP contribution in [0.4, 0.5) is 0 Å². The third-order valence-electron chi connectivity index (χ3n) is 3.79. The first-order chi connectivity index (χ1) is 8.79. The number of rotatable bonds is 9. The van der Waals surface area contributed by atoms with Crippen LogP contribution in [0.2, 0.25) is 0 Å². The molecule has 1 fully saturated rings. The summed E-state index contributed by atoms with van der Waals surface area (Å²) in [5, 5.41) is 3.51. The Bertz CT molecular complexity index is 341. The van der Waals surface area contributed by atoms with Gasteiger partial charge in [0.05, 0.1) is 12.0 Å². The molecule has 0 aromatic carbocycles. The largest absolute Gasteiger partial charge is 0.334 e. The zero-order valence-corrected chi connectivity index (χ0v) is 11.9. The van der Waals surface area contributed by atoms with Crippen LogP contribution < -0.4 is 5.32 Å². The molecule has 18 heavy (non-hydrogen) atoms. The molecule has 1 aromatic rings. The van der Waals surface area contributed by atoms with Gasteiger partial charge in [-0.15, -0.1) is 0 Å². The monoisotopic (exact) mass is 249 g/mol. The molecule has 1 aromatic heterocycles. The van der Waals surface area contributed by atoms with E-state index in [-0.39, 0.29) is 0 Å². The van der Waals surface area contributed by atoms with E-state index in [1.165, 1.54) is 50.6 Å². The number of unbranched alkanes of at least 4 members (excludes halogenated alkanes) is 3. The fourth-order valence-electron chi connectivity index (χ4n) is 2.26. The lowest BCUT2D eigenvalue weighted by molar-refractivity contribution is 0.471. The average molecular weight is 249 g/mol. The van der Waals surface area contributed by atoms with Crippen molar-refractivity contribution < 1.29 is 0 Å². The van der Waals surface area contributed by atoms with Crippen LogP contribution in [-0.4, -0.2) is 15.6 Å². The lowest BCUT2D eigenvalue weighted by Crippen LogP contribution is -2.15. The Morgan fingerprint density at radius 1 is 1.39 bits per heavy atom. The van der Waals surface area contributed by atoms with Crippen molar-refractivity contribution in [3.05, 3.63) is 18.2 Å². The molecule has 102 valence electrons. The van der Waals surface area contributed by atoms with Gasteiger partial charge in [0, 0.05) is 24.8 Å². The SMILES string of the molecule is CCCCCCC(C)n1cnc(CNC2CC2)c1. The number of nitrogens with one attached hydrogen (secondary N) is 1. The molecule has 0 spiro atoms. The molecule has 3 heteroatoms. The summed E-state index contributed by atoms with van der Waals surface area (Å²) in [5.74, 6) is 0. The summed E-state index contributed by atoms with van der Waals surface area (Å²) in [7, 11) is 0. The highest BCUT2D eigenvalue weighted by molar-refractivity contribution is 4.99. The van der Waals surface area contributed by atoms with E-state index in [4.69, 9.17) is 0 Å². The first-order valence-corrected chi connectivity index (χ1v) is 7.55. The van der Waals surface area contributed by atoms with Gasteiger partial charge in [-0.05, 0) is 26.2 Å². The maximum atomic E-state index is 4.48. The van der Waals surface area contributed by atoms with Crippen LogP contribution in [0.5, 0.6) is 0 Å². The van der Waals surface area contributed by atoms with Crippen molar-refractivity contribution >= 4 is 0 Å². The molecule has 1 saturated carbocycles. The molecule has 0 aliphatic heterocycles.